The Bertz CT molecular complexity index is 317. The van der Waals surface area contributed by atoms with Crippen LogP contribution in [0.5, 0.6) is 0 Å². The second kappa shape index (κ2) is 4.62. The molecule has 0 saturated heterocycles. The summed E-state index contributed by atoms with van der Waals surface area (Å²) in [6, 6.07) is 4.50. The molecule has 4 heteroatoms. The van der Waals surface area contributed by atoms with Gasteiger partial charge in [0.15, 0.2) is 5.82 Å². The highest BCUT2D eigenvalue weighted by molar-refractivity contribution is 6.31. The highest BCUT2D eigenvalue weighted by Gasteiger charge is 2.12. The van der Waals surface area contributed by atoms with Crippen molar-refractivity contribution in [3.8, 4) is 0 Å². The van der Waals surface area contributed by atoms with E-state index in [1.807, 2.05) is 0 Å². The molecule has 2 atom stereocenters. The monoisotopic (exact) mass is 217 g/mol. The molecule has 0 saturated carbocycles. The maximum Gasteiger partial charge on any atom is 0.164 e. The normalized spacial score (nSPS) is 14.9. The van der Waals surface area contributed by atoms with E-state index in [1.165, 1.54) is 6.07 Å². The van der Waals surface area contributed by atoms with Gasteiger partial charge in [-0.05, 0) is 26.0 Å². The minimum Gasteiger partial charge on any atom is -0.391 e. The number of halogens is 2. The average molecular weight is 218 g/mol. The molecule has 0 fully saturated rings. The van der Waals surface area contributed by atoms with Crippen LogP contribution in [0, 0.1) is 5.82 Å². The van der Waals surface area contributed by atoms with Gasteiger partial charge in [-0.15, -0.1) is 0 Å². The Morgan fingerprint density at radius 2 is 2.07 bits per heavy atom. The van der Waals surface area contributed by atoms with Crippen LogP contribution >= 0.6 is 11.6 Å². The van der Waals surface area contributed by atoms with E-state index in [0.717, 1.165) is 0 Å². The van der Waals surface area contributed by atoms with Crippen LogP contribution in [0.2, 0.25) is 5.02 Å². The van der Waals surface area contributed by atoms with E-state index in [-0.39, 0.29) is 11.1 Å². The number of anilines is 1. The minimum absolute atomic E-state index is 0.0767. The van der Waals surface area contributed by atoms with Crippen molar-refractivity contribution in [2.24, 2.45) is 0 Å². The van der Waals surface area contributed by atoms with Gasteiger partial charge >= 0.3 is 0 Å². The van der Waals surface area contributed by atoms with Crippen LogP contribution in [-0.4, -0.2) is 17.3 Å². The largest absolute Gasteiger partial charge is 0.391 e. The molecule has 0 aliphatic carbocycles. The quantitative estimate of drug-likeness (QED) is 0.816. The Kier molecular flexibility index (Phi) is 3.72. The average Bonchev–Trinajstić information content (AvgIpc) is 2.12. The van der Waals surface area contributed by atoms with Gasteiger partial charge in [0, 0.05) is 6.04 Å². The number of benzene rings is 1. The topological polar surface area (TPSA) is 32.3 Å². The molecule has 0 aliphatic rings. The maximum absolute atomic E-state index is 13.3. The molecule has 1 rings (SSSR count). The van der Waals surface area contributed by atoms with Crippen LogP contribution in [-0.2, 0) is 0 Å². The predicted molar refractivity (Wildman–Crippen MR) is 56.2 cm³/mol. The summed E-state index contributed by atoms with van der Waals surface area (Å²) in [5.74, 6) is -0.485. The molecule has 1 aromatic rings. The van der Waals surface area contributed by atoms with E-state index in [0.29, 0.717) is 5.69 Å². The first kappa shape index (κ1) is 11.3. The summed E-state index contributed by atoms with van der Waals surface area (Å²) in [4.78, 5) is 0. The van der Waals surface area contributed by atoms with Crippen LogP contribution < -0.4 is 5.32 Å². The molecular formula is C10H13ClFNO. The van der Waals surface area contributed by atoms with Crippen LogP contribution in [0.4, 0.5) is 10.1 Å². The predicted octanol–water partition coefficient (Wildman–Crippen LogP) is 2.66. The van der Waals surface area contributed by atoms with Gasteiger partial charge in [0.25, 0.3) is 0 Å². The van der Waals surface area contributed by atoms with Crippen molar-refractivity contribution in [3.63, 3.8) is 0 Å². The van der Waals surface area contributed by atoms with Gasteiger partial charge in [-0.1, -0.05) is 17.7 Å². The van der Waals surface area contributed by atoms with Gasteiger partial charge < -0.3 is 10.4 Å². The maximum atomic E-state index is 13.3. The molecular weight excluding hydrogens is 205 g/mol. The molecule has 0 aromatic heterocycles. The molecule has 78 valence electrons. The van der Waals surface area contributed by atoms with Gasteiger partial charge in [0.2, 0.25) is 0 Å². The van der Waals surface area contributed by atoms with Crippen LogP contribution in [0.1, 0.15) is 13.8 Å². The molecule has 0 spiro atoms. The smallest absolute Gasteiger partial charge is 0.164 e. The molecule has 2 nitrogen and oxygen atoms in total. The zero-order valence-electron chi connectivity index (χ0n) is 8.09. The molecule has 0 bridgehead atoms. The Morgan fingerprint density at radius 1 is 1.43 bits per heavy atom. The van der Waals surface area contributed by atoms with Gasteiger partial charge in [-0.3, -0.25) is 0 Å². The second-order valence-corrected chi connectivity index (χ2v) is 3.68. The van der Waals surface area contributed by atoms with Crippen LogP contribution in [0.15, 0.2) is 18.2 Å². The zero-order valence-corrected chi connectivity index (χ0v) is 8.85. The molecule has 0 aliphatic heterocycles. The first-order chi connectivity index (χ1) is 6.52. The molecule has 2 unspecified atom stereocenters. The summed E-state index contributed by atoms with van der Waals surface area (Å²) in [7, 11) is 0. The summed E-state index contributed by atoms with van der Waals surface area (Å²) in [5.41, 5.74) is 0.311. The fourth-order valence-corrected chi connectivity index (χ4v) is 1.16. The SMILES string of the molecule is CC(O)C(C)Nc1cccc(Cl)c1F. The molecule has 0 radical (unpaired) electrons. The molecule has 2 N–H and O–H groups in total. The lowest BCUT2D eigenvalue weighted by molar-refractivity contribution is 0.177. The Balaban J connectivity index is 2.82. The molecule has 1 aromatic carbocycles. The van der Waals surface area contributed by atoms with Gasteiger partial charge in [0.1, 0.15) is 0 Å². The Hall–Kier alpha value is -0.800. The molecule has 0 amide bonds. The van der Waals surface area contributed by atoms with Gasteiger partial charge in [-0.25, -0.2) is 4.39 Å². The van der Waals surface area contributed by atoms with E-state index in [2.05, 4.69) is 5.32 Å². The number of hydrogen-bond acceptors (Lipinski definition) is 2. The first-order valence-corrected chi connectivity index (χ1v) is 4.78. The number of hydrogen-bond donors (Lipinski definition) is 2. The zero-order chi connectivity index (χ0) is 10.7. The van der Waals surface area contributed by atoms with E-state index in [1.54, 1.807) is 26.0 Å². The number of nitrogens with one attached hydrogen (secondary N) is 1. The number of rotatable bonds is 3. The lowest BCUT2D eigenvalue weighted by Crippen LogP contribution is -2.28. The van der Waals surface area contributed by atoms with Crippen molar-refractivity contribution in [2.45, 2.75) is 26.0 Å². The summed E-state index contributed by atoms with van der Waals surface area (Å²) in [6.07, 6.45) is -0.548. The highest BCUT2D eigenvalue weighted by atomic mass is 35.5. The van der Waals surface area contributed by atoms with Crippen molar-refractivity contribution in [1.82, 2.24) is 0 Å². The number of aliphatic hydroxyl groups is 1. The Labute approximate surface area is 87.7 Å². The van der Waals surface area contributed by atoms with Gasteiger partial charge in [0.05, 0.1) is 16.8 Å². The van der Waals surface area contributed by atoms with E-state index in [9.17, 15) is 9.50 Å². The van der Waals surface area contributed by atoms with Gasteiger partial charge in [-0.2, -0.15) is 0 Å². The van der Waals surface area contributed by atoms with Crippen LogP contribution in [0.3, 0.4) is 0 Å². The molecule has 0 heterocycles. The van der Waals surface area contributed by atoms with E-state index >= 15 is 0 Å². The summed E-state index contributed by atoms with van der Waals surface area (Å²) in [6.45, 7) is 3.41. The number of aliphatic hydroxyl groups excluding tert-OH is 1. The Morgan fingerprint density at radius 3 is 2.64 bits per heavy atom. The first-order valence-electron chi connectivity index (χ1n) is 4.41. The fraction of sp³-hybridized carbons (Fsp3) is 0.400. The van der Waals surface area contributed by atoms with Crippen molar-refractivity contribution in [2.75, 3.05) is 5.32 Å². The van der Waals surface area contributed by atoms with Crippen molar-refractivity contribution < 1.29 is 9.50 Å². The third-order valence-electron chi connectivity index (χ3n) is 2.06. The minimum atomic E-state index is -0.548. The summed E-state index contributed by atoms with van der Waals surface area (Å²) >= 11 is 5.60. The standard InChI is InChI=1S/C10H13ClFNO/c1-6(7(2)14)13-9-5-3-4-8(11)10(9)12/h3-7,13-14H,1-2H3. The lowest BCUT2D eigenvalue weighted by Gasteiger charge is -2.18. The van der Waals surface area contributed by atoms with Crippen molar-refractivity contribution >= 4 is 17.3 Å². The summed E-state index contributed by atoms with van der Waals surface area (Å²) in [5, 5.41) is 12.1. The van der Waals surface area contributed by atoms with E-state index in [4.69, 9.17) is 11.6 Å². The van der Waals surface area contributed by atoms with E-state index < -0.39 is 11.9 Å². The van der Waals surface area contributed by atoms with Crippen molar-refractivity contribution in [1.29, 1.82) is 0 Å². The third kappa shape index (κ3) is 2.59. The summed E-state index contributed by atoms with van der Waals surface area (Å²) < 4.78 is 13.3. The second-order valence-electron chi connectivity index (χ2n) is 3.27. The fourth-order valence-electron chi connectivity index (χ4n) is 0.981. The highest BCUT2D eigenvalue weighted by Crippen LogP contribution is 2.22. The third-order valence-corrected chi connectivity index (χ3v) is 2.35. The van der Waals surface area contributed by atoms with Crippen molar-refractivity contribution in [3.05, 3.63) is 29.0 Å². The lowest BCUT2D eigenvalue weighted by atomic mass is 10.2. The molecule has 14 heavy (non-hydrogen) atoms. The van der Waals surface area contributed by atoms with Crippen LogP contribution in [0.25, 0.3) is 0 Å².